The molecule has 5 nitrogen and oxygen atoms in total. The van der Waals surface area contributed by atoms with E-state index in [4.69, 9.17) is 4.74 Å². The molecule has 2 aliphatic heterocycles. The number of thioether (sulfide) groups is 1. The minimum atomic E-state index is -3.19. The highest BCUT2D eigenvalue weighted by Gasteiger charge is 2.37. The van der Waals surface area contributed by atoms with Gasteiger partial charge in [0.15, 0.2) is 15.6 Å². The van der Waals surface area contributed by atoms with Gasteiger partial charge in [-0.1, -0.05) is 42.5 Å². The summed E-state index contributed by atoms with van der Waals surface area (Å²) >= 11 is 1.56. The fourth-order valence-corrected chi connectivity index (χ4v) is 6.37. The molecule has 1 unspecified atom stereocenters. The van der Waals surface area contributed by atoms with Crippen molar-refractivity contribution in [2.75, 3.05) is 23.9 Å². The summed E-state index contributed by atoms with van der Waals surface area (Å²) in [6.07, 6.45) is 0.385. The highest BCUT2D eigenvalue weighted by Crippen LogP contribution is 2.36. The maximum atomic E-state index is 13.6. The molecule has 2 aromatic rings. The zero-order valence-electron chi connectivity index (χ0n) is 16.3. The van der Waals surface area contributed by atoms with Crippen molar-refractivity contribution >= 4 is 32.4 Å². The fraction of sp³-hybridized carbons (Fsp3) is 0.318. The van der Waals surface area contributed by atoms with E-state index < -0.39 is 15.9 Å². The maximum Gasteiger partial charge on any atom is 0.290 e. The van der Waals surface area contributed by atoms with Gasteiger partial charge < -0.3 is 9.64 Å². The first-order valence-corrected chi connectivity index (χ1v) is 12.5. The first kappa shape index (κ1) is 20.9. The molecule has 0 bridgehead atoms. The molecular formula is C22H22FNO4S2. The number of halogens is 1. The van der Waals surface area contributed by atoms with Gasteiger partial charge in [-0.15, -0.1) is 11.8 Å². The number of amides is 1. The molecule has 1 atom stereocenters. The third kappa shape index (κ3) is 4.70. The second kappa shape index (κ2) is 8.81. The van der Waals surface area contributed by atoms with Gasteiger partial charge in [0.25, 0.3) is 5.91 Å². The summed E-state index contributed by atoms with van der Waals surface area (Å²) in [7, 11) is -3.19. The van der Waals surface area contributed by atoms with Crippen molar-refractivity contribution in [3.05, 3.63) is 77.3 Å². The van der Waals surface area contributed by atoms with E-state index in [9.17, 15) is 17.6 Å². The van der Waals surface area contributed by atoms with Crippen LogP contribution in [0.3, 0.4) is 0 Å². The van der Waals surface area contributed by atoms with Gasteiger partial charge in [-0.2, -0.15) is 0 Å². The summed E-state index contributed by atoms with van der Waals surface area (Å²) in [5.74, 6) is 0.292. The van der Waals surface area contributed by atoms with Crippen molar-refractivity contribution in [1.82, 2.24) is 4.90 Å². The van der Waals surface area contributed by atoms with Crippen molar-refractivity contribution in [3.63, 3.8) is 0 Å². The van der Waals surface area contributed by atoms with E-state index in [1.807, 2.05) is 30.3 Å². The smallest absolute Gasteiger partial charge is 0.290 e. The molecule has 30 heavy (non-hydrogen) atoms. The van der Waals surface area contributed by atoms with Crippen molar-refractivity contribution in [3.8, 4) is 0 Å². The predicted molar refractivity (Wildman–Crippen MR) is 116 cm³/mol. The van der Waals surface area contributed by atoms with E-state index >= 15 is 0 Å². The number of hydrogen-bond donors (Lipinski definition) is 0. The van der Waals surface area contributed by atoms with E-state index in [2.05, 4.69) is 0 Å². The van der Waals surface area contributed by atoms with E-state index in [0.29, 0.717) is 13.0 Å². The monoisotopic (exact) mass is 447 g/mol. The van der Waals surface area contributed by atoms with Crippen molar-refractivity contribution < 1.29 is 22.3 Å². The first-order valence-electron chi connectivity index (χ1n) is 9.74. The van der Waals surface area contributed by atoms with Gasteiger partial charge in [0.1, 0.15) is 5.82 Å². The molecule has 158 valence electrons. The fourth-order valence-electron chi connectivity index (χ4n) is 3.69. The molecule has 8 heteroatoms. The van der Waals surface area contributed by atoms with Gasteiger partial charge in [-0.05, 0) is 29.7 Å². The van der Waals surface area contributed by atoms with Crippen LogP contribution in [0.25, 0.3) is 4.91 Å². The van der Waals surface area contributed by atoms with Gasteiger partial charge >= 0.3 is 0 Å². The largest absolute Gasteiger partial charge is 0.486 e. The number of rotatable bonds is 5. The Hall–Kier alpha value is -2.32. The van der Waals surface area contributed by atoms with E-state index in [-0.39, 0.29) is 35.5 Å². The van der Waals surface area contributed by atoms with Crippen LogP contribution in [0.2, 0.25) is 0 Å². The Kier molecular flexibility index (Phi) is 6.15. The normalized spacial score (nSPS) is 20.6. The molecule has 2 aliphatic rings. The number of carbonyl (C=O) groups is 1. The van der Waals surface area contributed by atoms with Crippen LogP contribution in [0.1, 0.15) is 17.5 Å². The van der Waals surface area contributed by atoms with Crippen LogP contribution in [0.4, 0.5) is 4.39 Å². The summed E-state index contributed by atoms with van der Waals surface area (Å²) in [6, 6.07) is 15.0. The van der Waals surface area contributed by atoms with Crippen molar-refractivity contribution in [2.24, 2.45) is 0 Å². The minimum Gasteiger partial charge on any atom is -0.486 e. The highest BCUT2D eigenvalue weighted by atomic mass is 32.2. The molecular weight excluding hydrogens is 425 g/mol. The van der Waals surface area contributed by atoms with Crippen LogP contribution in [-0.2, 0) is 25.9 Å². The molecule has 0 aliphatic carbocycles. The molecule has 4 rings (SSSR count). The number of ether oxygens (including phenoxy) is 1. The van der Waals surface area contributed by atoms with Crippen LogP contribution >= 0.6 is 11.8 Å². The zero-order chi connectivity index (χ0) is 21.1. The third-order valence-corrected chi connectivity index (χ3v) is 8.02. The summed E-state index contributed by atoms with van der Waals surface area (Å²) in [5.41, 5.74) is 1.63. The van der Waals surface area contributed by atoms with Gasteiger partial charge in [0.2, 0.25) is 0 Å². The van der Waals surface area contributed by atoms with Crippen molar-refractivity contribution in [1.29, 1.82) is 0 Å². The van der Waals surface area contributed by atoms with Crippen LogP contribution in [0.15, 0.2) is 60.4 Å². The Bertz CT molecular complexity index is 1050. The lowest BCUT2D eigenvalue weighted by Gasteiger charge is -2.31. The van der Waals surface area contributed by atoms with Gasteiger partial charge in [0, 0.05) is 18.3 Å². The van der Waals surface area contributed by atoms with E-state index in [0.717, 1.165) is 21.8 Å². The Morgan fingerprint density at radius 1 is 1.13 bits per heavy atom. The molecule has 0 aromatic heterocycles. The topological polar surface area (TPSA) is 63.7 Å². The minimum absolute atomic E-state index is 0.0606. The summed E-state index contributed by atoms with van der Waals surface area (Å²) in [4.78, 5) is 15.9. The lowest BCUT2D eigenvalue weighted by atomic mass is 10.1. The summed E-state index contributed by atoms with van der Waals surface area (Å²) in [5, 5.41) is 0. The quantitative estimate of drug-likeness (QED) is 0.702. The molecule has 0 saturated carbocycles. The molecule has 2 aromatic carbocycles. The Labute approximate surface area is 179 Å². The first-order chi connectivity index (χ1) is 14.4. The second-order valence-electron chi connectivity index (χ2n) is 7.34. The number of benzene rings is 2. The zero-order valence-corrected chi connectivity index (χ0v) is 17.9. The Morgan fingerprint density at radius 3 is 2.53 bits per heavy atom. The standard InChI is InChI=1S/C22H22FNO4S2/c23-18-8-6-16(7-9-18)14-24(19-10-13-30(26,27)15-19)22(25)20-21(29-12-11-28-20)17-4-2-1-3-5-17/h1-9,19H,10-15H2. The highest BCUT2D eigenvalue weighted by molar-refractivity contribution is 8.08. The maximum absolute atomic E-state index is 13.6. The molecule has 2 heterocycles. The SMILES string of the molecule is O=C(C1=C(c2ccccc2)SCCO1)N(Cc1ccc(F)cc1)C1CCS(=O)(=O)C1. The van der Waals surface area contributed by atoms with Crippen LogP contribution in [0, 0.1) is 5.82 Å². The second-order valence-corrected chi connectivity index (χ2v) is 10.7. The molecule has 0 spiro atoms. The molecule has 0 N–H and O–H groups in total. The predicted octanol–water partition coefficient (Wildman–Crippen LogP) is 3.47. The lowest BCUT2D eigenvalue weighted by Crippen LogP contribution is -2.42. The van der Waals surface area contributed by atoms with Crippen LogP contribution < -0.4 is 0 Å². The number of carbonyl (C=O) groups excluding carboxylic acids is 1. The third-order valence-electron chi connectivity index (χ3n) is 5.19. The molecule has 1 fully saturated rings. The number of sulfone groups is 1. The molecule has 1 amide bonds. The Morgan fingerprint density at radius 2 is 1.87 bits per heavy atom. The summed E-state index contributed by atoms with van der Waals surface area (Å²) in [6.45, 7) is 0.605. The molecule has 0 radical (unpaired) electrons. The van der Waals surface area contributed by atoms with E-state index in [1.54, 1.807) is 28.8 Å². The van der Waals surface area contributed by atoms with Crippen LogP contribution in [-0.4, -0.2) is 49.1 Å². The average Bonchev–Trinajstić information content (AvgIpc) is 3.13. The van der Waals surface area contributed by atoms with Crippen molar-refractivity contribution in [2.45, 2.75) is 19.0 Å². The Balaban J connectivity index is 1.70. The van der Waals surface area contributed by atoms with Crippen LogP contribution in [0.5, 0.6) is 0 Å². The van der Waals surface area contributed by atoms with Gasteiger partial charge in [0.05, 0.1) is 23.0 Å². The van der Waals surface area contributed by atoms with Gasteiger partial charge in [-0.3, -0.25) is 4.79 Å². The summed E-state index contributed by atoms with van der Waals surface area (Å²) < 4.78 is 43.3. The van der Waals surface area contributed by atoms with Gasteiger partial charge in [-0.25, -0.2) is 12.8 Å². The average molecular weight is 448 g/mol. The molecule has 1 saturated heterocycles. The lowest BCUT2D eigenvalue weighted by molar-refractivity contribution is -0.133. The number of nitrogens with zero attached hydrogens (tertiary/aromatic N) is 1. The number of hydrogen-bond acceptors (Lipinski definition) is 5. The van der Waals surface area contributed by atoms with E-state index in [1.165, 1.54) is 12.1 Å².